The monoisotopic (exact) mass is 332 g/mol. The van der Waals surface area contributed by atoms with Crippen LogP contribution in [0.2, 0.25) is 0 Å². The number of nitrogens with one attached hydrogen (secondary N) is 2. The zero-order chi connectivity index (χ0) is 16.9. The Kier molecular flexibility index (Phi) is 5.52. The van der Waals surface area contributed by atoms with Gasteiger partial charge in [0.25, 0.3) is 5.91 Å². The van der Waals surface area contributed by atoms with Gasteiger partial charge in [-0.15, -0.1) is 0 Å². The maximum Gasteiger partial charge on any atom is 0.255 e. The van der Waals surface area contributed by atoms with Gasteiger partial charge in [-0.3, -0.25) is 4.79 Å². The third-order valence-corrected chi connectivity index (χ3v) is 4.76. The molecular weight excluding hydrogens is 312 g/mol. The van der Waals surface area contributed by atoms with E-state index in [-0.39, 0.29) is 10.8 Å². The van der Waals surface area contributed by atoms with Gasteiger partial charge in [-0.2, -0.15) is 0 Å². The molecule has 0 aliphatic rings. The van der Waals surface area contributed by atoms with Crippen molar-refractivity contribution in [3.8, 4) is 0 Å². The van der Waals surface area contributed by atoms with E-state index in [1.54, 1.807) is 24.3 Å². The summed E-state index contributed by atoms with van der Waals surface area (Å²) in [5.74, 6) is -0.232. The predicted molar refractivity (Wildman–Crippen MR) is 91.1 cm³/mol. The van der Waals surface area contributed by atoms with Gasteiger partial charge in [0.2, 0.25) is 10.0 Å². The van der Waals surface area contributed by atoms with Crippen molar-refractivity contribution >= 4 is 21.6 Å². The van der Waals surface area contributed by atoms with Crippen LogP contribution >= 0.6 is 0 Å². The number of anilines is 1. The first-order chi connectivity index (χ1) is 10.9. The number of benzene rings is 2. The number of hydrogen-bond donors (Lipinski definition) is 2. The first-order valence-electron chi connectivity index (χ1n) is 7.40. The Morgan fingerprint density at radius 2 is 1.61 bits per heavy atom. The molecule has 5 nitrogen and oxygen atoms in total. The fraction of sp³-hybridized carbons (Fsp3) is 0.235. The van der Waals surface area contributed by atoms with Crippen molar-refractivity contribution in [1.29, 1.82) is 0 Å². The molecular formula is C17H20N2O3S. The average Bonchev–Trinajstić information content (AvgIpc) is 2.54. The largest absolute Gasteiger partial charge is 0.322 e. The average molecular weight is 332 g/mol. The van der Waals surface area contributed by atoms with E-state index < -0.39 is 10.0 Å². The van der Waals surface area contributed by atoms with Crippen LogP contribution in [0.3, 0.4) is 0 Å². The standard InChI is InChI=1S/C17H20N2O3S/c1-3-12-18-23(21,22)16-10-8-15(9-11-16)19-17(20)14-6-4-13(2)5-7-14/h4-11,18H,3,12H2,1-2H3,(H,19,20). The third kappa shape index (κ3) is 4.64. The van der Waals surface area contributed by atoms with Crippen molar-refractivity contribution in [3.05, 3.63) is 59.7 Å². The molecule has 0 unspecified atom stereocenters. The van der Waals surface area contributed by atoms with Crippen LogP contribution in [0, 0.1) is 6.92 Å². The Labute approximate surface area is 136 Å². The van der Waals surface area contributed by atoms with Gasteiger partial charge in [-0.1, -0.05) is 24.6 Å². The number of amides is 1. The lowest BCUT2D eigenvalue weighted by molar-refractivity contribution is 0.102. The maximum atomic E-state index is 12.1. The maximum absolute atomic E-state index is 12.1. The van der Waals surface area contributed by atoms with Crippen LogP contribution in [0.5, 0.6) is 0 Å². The molecule has 0 bridgehead atoms. The molecule has 0 atom stereocenters. The molecule has 0 aromatic heterocycles. The van der Waals surface area contributed by atoms with Crippen LogP contribution in [0.4, 0.5) is 5.69 Å². The Hall–Kier alpha value is -2.18. The van der Waals surface area contributed by atoms with Gasteiger partial charge >= 0.3 is 0 Å². The summed E-state index contributed by atoms with van der Waals surface area (Å²) < 4.78 is 26.5. The summed E-state index contributed by atoms with van der Waals surface area (Å²) in [6.07, 6.45) is 0.726. The van der Waals surface area contributed by atoms with E-state index in [0.29, 0.717) is 17.8 Å². The molecule has 0 saturated carbocycles. The molecule has 0 aliphatic heterocycles. The van der Waals surface area contributed by atoms with E-state index in [2.05, 4.69) is 10.0 Å². The molecule has 2 rings (SSSR count). The SMILES string of the molecule is CCCNS(=O)(=O)c1ccc(NC(=O)c2ccc(C)cc2)cc1. The number of rotatable bonds is 6. The topological polar surface area (TPSA) is 75.3 Å². The molecule has 0 fully saturated rings. The fourth-order valence-corrected chi connectivity index (χ4v) is 3.08. The van der Waals surface area contributed by atoms with Crippen molar-refractivity contribution in [2.75, 3.05) is 11.9 Å². The molecule has 6 heteroatoms. The van der Waals surface area contributed by atoms with Crippen molar-refractivity contribution < 1.29 is 13.2 Å². The van der Waals surface area contributed by atoms with Gasteiger partial charge in [0.1, 0.15) is 0 Å². The summed E-state index contributed by atoms with van der Waals surface area (Å²) in [5.41, 5.74) is 2.18. The molecule has 0 spiro atoms. The van der Waals surface area contributed by atoms with Crippen molar-refractivity contribution in [2.45, 2.75) is 25.2 Å². The molecule has 122 valence electrons. The number of aryl methyl sites for hydroxylation is 1. The minimum absolute atomic E-state index is 0.180. The van der Waals surface area contributed by atoms with E-state index in [1.807, 2.05) is 26.0 Å². The highest BCUT2D eigenvalue weighted by Gasteiger charge is 2.13. The van der Waals surface area contributed by atoms with Gasteiger partial charge in [-0.05, 0) is 49.7 Å². The van der Waals surface area contributed by atoms with Crippen LogP contribution in [0.15, 0.2) is 53.4 Å². The van der Waals surface area contributed by atoms with E-state index in [0.717, 1.165) is 12.0 Å². The van der Waals surface area contributed by atoms with E-state index in [4.69, 9.17) is 0 Å². The summed E-state index contributed by atoms with van der Waals surface area (Å²) in [7, 11) is -3.49. The lowest BCUT2D eigenvalue weighted by Crippen LogP contribution is -2.24. The second-order valence-corrected chi connectivity index (χ2v) is 7.01. The Balaban J connectivity index is 2.08. The number of hydrogen-bond acceptors (Lipinski definition) is 3. The lowest BCUT2D eigenvalue weighted by atomic mass is 10.1. The van der Waals surface area contributed by atoms with Gasteiger partial charge in [0, 0.05) is 17.8 Å². The zero-order valence-corrected chi connectivity index (χ0v) is 14.0. The highest BCUT2D eigenvalue weighted by molar-refractivity contribution is 7.89. The molecule has 2 aromatic carbocycles. The first-order valence-corrected chi connectivity index (χ1v) is 8.88. The van der Waals surface area contributed by atoms with Gasteiger partial charge in [0.05, 0.1) is 4.90 Å². The second-order valence-electron chi connectivity index (χ2n) is 5.24. The first kappa shape index (κ1) is 17.2. The lowest BCUT2D eigenvalue weighted by Gasteiger charge is -2.08. The summed E-state index contributed by atoms with van der Waals surface area (Å²) in [6.45, 7) is 4.24. The van der Waals surface area contributed by atoms with Gasteiger partial charge in [0.15, 0.2) is 0 Å². The number of sulfonamides is 1. The van der Waals surface area contributed by atoms with Crippen molar-refractivity contribution in [1.82, 2.24) is 4.72 Å². The molecule has 0 heterocycles. The normalized spacial score (nSPS) is 11.2. The van der Waals surface area contributed by atoms with Crippen molar-refractivity contribution in [2.24, 2.45) is 0 Å². The Morgan fingerprint density at radius 3 is 2.17 bits per heavy atom. The quantitative estimate of drug-likeness (QED) is 0.854. The molecule has 0 saturated heterocycles. The molecule has 0 radical (unpaired) electrons. The minimum Gasteiger partial charge on any atom is -0.322 e. The van der Waals surface area contributed by atoms with Crippen LogP contribution in [-0.4, -0.2) is 20.9 Å². The van der Waals surface area contributed by atoms with Crippen LogP contribution < -0.4 is 10.0 Å². The van der Waals surface area contributed by atoms with Crippen LogP contribution in [0.1, 0.15) is 29.3 Å². The molecule has 0 aliphatic carbocycles. The molecule has 2 N–H and O–H groups in total. The molecule has 2 aromatic rings. The Bertz CT molecular complexity index is 766. The summed E-state index contributed by atoms with van der Waals surface area (Å²) in [4.78, 5) is 12.3. The molecule has 1 amide bonds. The highest BCUT2D eigenvalue weighted by atomic mass is 32.2. The van der Waals surface area contributed by atoms with E-state index in [9.17, 15) is 13.2 Å². The van der Waals surface area contributed by atoms with E-state index >= 15 is 0 Å². The number of carbonyl (C=O) groups is 1. The summed E-state index contributed by atoms with van der Waals surface area (Å²) in [6, 6.07) is 13.3. The highest BCUT2D eigenvalue weighted by Crippen LogP contribution is 2.15. The van der Waals surface area contributed by atoms with Gasteiger partial charge in [-0.25, -0.2) is 13.1 Å². The summed E-state index contributed by atoms with van der Waals surface area (Å²) >= 11 is 0. The second kappa shape index (κ2) is 7.39. The number of carbonyl (C=O) groups excluding carboxylic acids is 1. The minimum atomic E-state index is -3.49. The van der Waals surface area contributed by atoms with Crippen LogP contribution in [-0.2, 0) is 10.0 Å². The predicted octanol–water partition coefficient (Wildman–Crippen LogP) is 2.94. The van der Waals surface area contributed by atoms with E-state index in [1.165, 1.54) is 12.1 Å². The van der Waals surface area contributed by atoms with Crippen molar-refractivity contribution in [3.63, 3.8) is 0 Å². The van der Waals surface area contributed by atoms with Gasteiger partial charge < -0.3 is 5.32 Å². The Morgan fingerprint density at radius 1 is 1.00 bits per heavy atom. The summed E-state index contributed by atoms with van der Waals surface area (Å²) in [5, 5.41) is 2.75. The third-order valence-electron chi connectivity index (χ3n) is 3.28. The zero-order valence-electron chi connectivity index (χ0n) is 13.2. The fourth-order valence-electron chi connectivity index (χ4n) is 1.95. The molecule has 23 heavy (non-hydrogen) atoms. The smallest absolute Gasteiger partial charge is 0.255 e. The van der Waals surface area contributed by atoms with Crippen LogP contribution in [0.25, 0.3) is 0 Å².